The van der Waals surface area contributed by atoms with E-state index in [0.29, 0.717) is 25.7 Å². The molecule has 0 spiro atoms. The van der Waals surface area contributed by atoms with Crippen LogP contribution in [0.15, 0.2) is 17.1 Å². The molecule has 0 aliphatic rings. The number of rotatable bonds is 5. The van der Waals surface area contributed by atoms with E-state index in [0.717, 1.165) is 5.57 Å². The molecule has 0 fully saturated rings. The normalized spacial score (nSPS) is 11.3. The summed E-state index contributed by atoms with van der Waals surface area (Å²) in [6, 6.07) is 0. The molecule has 0 aliphatic carbocycles. The van der Waals surface area contributed by atoms with Crippen LogP contribution in [0, 0.1) is 0 Å². The molecule has 12 heavy (non-hydrogen) atoms. The number of nitrogens with zero attached hydrogens (tertiary/aromatic N) is 1. The van der Waals surface area contributed by atoms with Crippen molar-refractivity contribution in [3.8, 4) is 0 Å². The Morgan fingerprint density at radius 3 is 2.83 bits per heavy atom. The maximum atomic E-state index is 5.38. The molecule has 0 radical (unpaired) electrons. The first kappa shape index (κ1) is 11.0. The molecule has 70 valence electrons. The van der Waals surface area contributed by atoms with Gasteiger partial charge in [-0.15, -0.1) is 0 Å². The monoisotopic (exact) mass is 171 g/mol. The van der Waals surface area contributed by atoms with Gasteiger partial charge >= 0.3 is 0 Å². The first-order valence-corrected chi connectivity index (χ1v) is 3.85. The summed E-state index contributed by atoms with van der Waals surface area (Å²) >= 11 is 0. The zero-order valence-electron chi connectivity index (χ0n) is 7.76. The standard InChI is InChI=1S/C8H17N3O/c1-7(2)6-12-5-4-11-8(9)10-3/h1,4-6H2,2-3H3,(H3,9,10,11). The molecule has 0 aromatic rings. The Labute approximate surface area is 73.5 Å². The molecule has 0 amide bonds. The van der Waals surface area contributed by atoms with Crippen molar-refractivity contribution in [3.63, 3.8) is 0 Å². The van der Waals surface area contributed by atoms with Gasteiger partial charge in [-0.2, -0.15) is 0 Å². The number of guanidine groups is 1. The molecule has 3 N–H and O–H groups in total. The number of hydrogen-bond acceptors (Lipinski definition) is 2. The van der Waals surface area contributed by atoms with Crippen LogP contribution >= 0.6 is 0 Å². The minimum atomic E-state index is 0.439. The molecule has 0 aliphatic heterocycles. The largest absolute Gasteiger partial charge is 0.375 e. The first-order valence-electron chi connectivity index (χ1n) is 3.85. The van der Waals surface area contributed by atoms with E-state index < -0.39 is 0 Å². The molecule has 0 rings (SSSR count). The van der Waals surface area contributed by atoms with Gasteiger partial charge in [-0.05, 0) is 6.92 Å². The maximum Gasteiger partial charge on any atom is 0.188 e. The van der Waals surface area contributed by atoms with Crippen LogP contribution in [0.3, 0.4) is 0 Å². The Hall–Kier alpha value is -1.03. The number of nitrogens with two attached hydrogens (primary N) is 1. The van der Waals surface area contributed by atoms with Crippen LogP contribution in [0.5, 0.6) is 0 Å². The summed E-state index contributed by atoms with van der Waals surface area (Å²) in [5, 5.41) is 2.88. The van der Waals surface area contributed by atoms with Crippen LogP contribution in [0.1, 0.15) is 6.92 Å². The van der Waals surface area contributed by atoms with Gasteiger partial charge in [0.05, 0.1) is 13.2 Å². The molecule has 0 unspecified atom stereocenters. The molecule has 0 aromatic carbocycles. The third-order valence-electron chi connectivity index (χ3n) is 1.14. The van der Waals surface area contributed by atoms with Gasteiger partial charge in [0, 0.05) is 13.6 Å². The molecule has 0 heterocycles. The van der Waals surface area contributed by atoms with Crippen molar-refractivity contribution in [1.82, 2.24) is 5.32 Å². The number of ether oxygens (including phenoxy) is 1. The highest BCUT2D eigenvalue weighted by Crippen LogP contribution is 1.86. The molecular weight excluding hydrogens is 154 g/mol. The van der Waals surface area contributed by atoms with E-state index in [2.05, 4.69) is 16.9 Å². The van der Waals surface area contributed by atoms with E-state index in [9.17, 15) is 0 Å². The van der Waals surface area contributed by atoms with Crippen LogP contribution in [-0.4, -0.2) is 32.8 Å². The van der Waals surface area contributed by atoms with Crippen molar-refractivity contribution in [2.45, 2.75) is 6.92 Å². The van der Waals surface area contributed by atoms with Crippen molar-refractivity contribution in [2.24, 2.45) is 10.7 Å². The molecule has 0 bridgehead atoms. The van der Waals surface area contributed by atoms with Gasteiger partial charge in [-0.25, -0.2) is 0 Å². The Kier molecular flexibility index (Phi) is 6.09. The van der Waals surface area contributed by atoms with Crippen molar-refractivity contribution in [3.05, 3.63) is 12.2 Å². The van der Waals surface area contributed by atoms with Crippen LogP contribution in [-0.2, 0) is 4.74 Å². The lowest BCUT2D eigenvalue weighted by Gasteiger charge is -2.05. The highest BCUT2D eigenvalue weighted by molar-refractivity contribution is 5.77. The van der Waals surface area contributed by atoms with Crippen LogP contribution in [0.25, 0.3) is 0 Å². The van der Waals surface area contributed by atoms with Gasteiger partial charge in [0.15, 0.2) is 5.96 Å². The second-order valence-corrected chi connectivity index (χ2v) is 2.55. The Bertz CT molecular complexity index is 166. The fourth-order valence-corrected chi connectivity index (χ4v) is 0.577. The molecule has 4 heteroatoms. The molecule has 0 atom stereocenters. The average Bonchev–Trinajstić information content (AvgIpc) is 2.03. The molecule has 0 aromatic heterocycles. The zero-order valence-corrected chi connectivity index (χ0v) is 7.76. The van der Waals surface area contributed by atoms with Crippen LogP contribution in [0.2, 0.25) is 0 Å². The minimum absolute atomic E-state index is 0.439. The summed E-state index contributed by atoms with van der Waals surface area (Å²) in [5.74, 6) is 0.439. The summed E-state index contributed by atoms with van der Waals surface area (Å²) in [6.45, 7) is 7.53. The number of aliphatic imine (C=N–C) groups is 1. The lowest BCUT2D eigenvalue weighted by molar-refractivity contribution is 0.161. The predicted molar refractivity (Wildman–Crippen MR) is 51.2 cm³/mol. The molecule has 4 nitrogen and oxygen atoms in total. The molecule has 0 saturated carbocycles. The number of nitrogens with one attached hydrogen (secondary N) is 1. The number of hydrogen-bond donors (Lipinski definition) is 2. The van der Waals surface area contributed by atoms with E-state index in [1.54, 1.807) is 7.05 Å². The van der Waals surface area contributed by atoms with Crippen molar-refractivity contribution in [1.29, 1.82) is 0 Å². The van der Waals surface area contributed by atoms with Crippen molar-refractivity contribution >= 4 is 5.96 Å². The molecule has 0 saturated heterocycles. The fourth-order valence-electron chi connectivity index (χ4n) is 0.577. The van der Waals surface area contributed by atoms with Gasteiger partial charge < -0.3 is 15.8 Å². The lowest BCUT2D eigenvalue weighted by atomic mass is 10.4. The lowest BCUT2D eigenvalue weighted by Crippen LogP contribution is -2.33. The summed E-state index contributed by atoms with van der Waals surface area (Å²) in [4.78, 5) is 3.73. The Morgan fingerprint density at radius 2 is 2.33 bits per heavy atom. The maximum absolute atomic E-state index is 5.38. The molecular formula is C8H17N3O. The summed E-state index contributed by atoms with van der Waals surface area (Å²) in [5.41, 5.74) is 6.40. The average molecular weight is 171 g/mol. The highest BCUT2D eigenvalue weighted by Gasteiger charge is 1.89. The fraction of sp³-hybridized carbons (Fsp3) is 0.625. The smallest absolute Gasteiger partial charge is 0.188 e. The highest BCUT2D eigenvalue weighted by atomic mass is 16.5. The van der Waals surface area contributed by atoms with E-state index in [1.807, 2.05) is 6.92 Å². The minimum Gasteiger partial charge on any atom is -0.375 e. The SMILES string of the molecule is C=C(C)COCCNC(N)=NC. The summed E-state index contributed by atoms with van der Waals surface area (Å²) < 4.78 is 5.22. The van der Waals surface area contributed by atoms with Crippen LogP contribution in [0.4, 0.5) is 0 Å². The second-order valence-electron chi connectivity index (χ2n) is 2.55. The van der Waals surface area contributed by atoms with Crippen molar-refractivity contribution < 1.29 is 4.74 Å². The van der Waals surface area contributed by atoms with E-state index in [1.165, 1.54) is 0 Å². The van der Waals surface area contributed by atoms with Crippen LogP contribution < -0.4 is 11.1 Å². The van der Waals surface area contributed by atoms with Gasteiger partial charge in [-0.3, -0.25) is 4.99 Å². The summed E-state index contributed by atoms with van der Waals surface area (Å²) in [7, 11) is 1.64. The van der Waals surface area contributed by atoms with E-state index >= 15 is 0 Å². The van der Waals surface area contributed by atoms with Gasteiger partial charge in [0.2, 0.25) is 0 Å². The van der Waals surface area contributed by atoms with Gasteiger partial charge in [0.1, 0.15) is 0 Å². The predicted octanol–water partition coefficient (Wildman–Crippen LogP) is 0.113. The zero-order chi connectivity index (χ0) is 9.40. The van der Waals surface area contributed by atoms with E-state index in [-0.39, 0.29) is 0 Å². The third-order valence-corrected chi connectivity index (χ3v) is 1.14. The Balaban J connectivity index is 3.16. The Morgan fingerprint density at radius 1 is 1.67 bits per heavy atom. The second kappa shape index (κ2) is 6.67. The topological polar surface area (TPSA) is 59.6 Å². The van der Waals surface area contributed by atoms with Crippen molar-refractivity contribution in [2.75, 3.05) is 26.8 Å². The third kappa shape index (κ3) is 7.08. The summed E-state index contributed by atoms with van der Waals surface area (Å²) in [6.07, 6.45) is 0. The first-order chi connectivity index (χ1) is 5.66. The quantitative estimate of drug-likeness (QED) is 0.267. The van der Waals surface area contributed by atoms with Gasteiger partial charge in [-0.1, -0.05) is 12.2 Å². The van der Waals surface area contributed by atoms with Gasteiger partial charge in [0.25, 0.3) is 0 Å². The van der Waals surface area contributed by atoms with E-state index in [4.69, 9.17) is 10.5 Å².